The topological polar surface area (TPSA) is 23.6 Å². The quantitative estimate of drug-likeness (QED) is 0.757. The van der Waals surface area contributed by atoms with Crippen LogP contribution in [0.5, 0.6) is 0 Å². The molecule has 1 aliphatic heterocycles. The van der Waals surface area contributed by atoms with Crippen LogP contribution in [0.4, 0.5) is 0 Å². The SMILES string of the molecule is CCCN1C(=O)C(C(C)C)C(C(C)(C)C)N1C. The van der Waals surface area contributed by atoms with Crippen molar-refractivity contribution in [2.45, 2.75) is 54.0 Å². The number of hydrazine groups is 1. The monoisotopic (exact) mass is 240 g/mol. The third-order valence-electron chi connectivity index (χ3n) is 3.70. The van der Waals surface area contributed by atoms with E-state index in [0.717, 1.165) is 13.0 Å². The summed E-state index contributed by atoms with van der Waals surface area (Å²) in [5.41, 5.74) is 0.127. The molecule has 2 atom stereocenters. The molecule has 0 N–H and O–H groups in total. The Morgan fingerprint density at radius 1 is 1.29 bits per heavy atom. The van der Waals surface area contributed by atoms with E-state index in [0.29, 0.717) is 17.9 Å². The number of carbonyl (C=O) groups is 1. The van der Waals surface area contributed by atoms with E-state index < -0.39 is 0 Å². The largest absolute Gasteiger partial charge is 0.275 e. The first kappa shape index (κ1) is 14.5. The Balaban J connectivity index is 3.05. The van der Waals surface area contributed by atoms with Crippen LogP contribution < -0.4 is 0 Å². The van der Waals surface area contributed by atoms with Crippen molar-refractivity contribution in [1.82, 2.24) is 10.0 Å². The Morgan fingerprint density at radius 3 is 2.12 bits per heavy atom. The highest BCUT2D eigenvalue weighted by atomic mass is 16.2. The molecule has 2 unspecified atom stereocenters. The van der Waals surface area contributed by atoms with Gasteiger partial charge in [-0.2, -0.15) is 0 Å². The maximum atomic E-state index is 12.5. The van der Waals surface area contributed by atoms with Crippen LogP contribution in [0.2, 0.25) is 0 Å². The lowest BCUT2D eigenvalue weighted by molar-refractivity contribution is -0.139. The lowest BCUT2D eigenvalue weighted by atomic mass is 9.75. The normalized spacial score (nSPS) is 27.3. The molecule has 1 saturated heterocycles. The van der Waals surface area contributed by atoms with Crippen LogP contribution in [0, 0.1) is 17.3 Å². The van der Waals surface area contributed by atoms with Gasteiger partial charge in [0.2, 0.25) is 5.91 Å². The van der Waals surface area contributed by atoms with E-state index in [4.69, 9.17) is 0 Å². The third-order valence-corrected chi connectivity index (χ3v) is 3.70. The summed E-state index contributed by atoms with van der Waals surface area (Å²) >= 11 is 0. The molecule has 1 heterocycles. The van der Waals surface area contributed by atoms with Crippen molar-refractivity contribution < 1.29 is 4.79 Å². The number of hydrogen-bond acceptors (Lipinski definition) is 2. The van der Waals surface area contributed by atoms with Crippen LogP contribution in [0.1, 0.15) is 48.0 Å². The van der Waals surface area contributed by atoms with Gasteiger partial charge in [-0.1, -0.05) is 41.5 Å². The van der Waals surface area contributed by atoms with Crippen LogP contribution in [0.15, 0.2) is 0 Å². The standard InChI is InChI=1S/C14H28N2O/c1-8-9-16-13(17)11(10(2)3)12(15(16)7)14(4,5)6/h10-12H,8-9H2,1-7H3. The smallest absolute Gasteiger partial charge is 0.241 e. The van der Waals surface area contributed by atoms with E-state index in [9.17, 15) is 4.79 Å². The minimum atomic E-state index is 0.127. The van der Waals surface area contributed by atoms with Crippen LogP contribution >= 0.6 is 0 Å². The molecule has 0 radical (unpaired) electrons. The number of amides is 1. The second-order valence-electron chi connectivity index (χ2n) is 6.62. The summed E-state index contributed by atoms with van der Waals surface area (Å²) in [6, 6.07) is 0.307. The Labute approximate surface area is 106 Å². The van der Waals surface area contributed by atoms with Crippen LogP contribution in [0.3, 0.4) is 0 Å². The van der Waals surface area contributed by atoms with Gasteiger partial charge in [0.15, 0.2) is 0 Å². The van der Waals surface area contributed by atoms with Gasteiger partial charge in [-0.15, -0.1) is 0 Å². The molecule has 1 fully saturated rings. The summed E-state index contributed by atoms with van der Waals surface area (Å²) in [6.07, 6.45) is 1.01. The summed E-state index contributed by atoms with van der Waals surface area (Å²) in [5.74, 6) is 0.840. The van der Waals surface area contributed by atoms with Gasteiger partial charge in [0, 0.05) is 19.6 Å². The van der Waals surface area contributed by atoms with Gasteiger partial charge >= 0.3 is 0 Å². The first-order chi connectivity index (χ1) is 7.71. The van der Waals surface area contributed by atoms with Crippen LogP contribution in [-0.2, 0) is 4.79 Å². The Bertz CT molecular complexity index is 280. The van der Waals surface area contributed by atoms with Gasteiger partial charge in [-0.3, -0.25) is 9.80 Å². The number of carbonyl (C=O) groups excluding carboxylic acids is 1. The highest BCUT2D eigenvalue weighted by molar-refractivity contribution is 5.81. The molecule has 1 amide bonds. The van der Waals surface area contributed by atoms with Gasteiger partial charge in [-0.05, 0) is 17.8 Å². The molecule has 3 nitrogen and oxygen atoms in total. The van der Waals surface area contributed by atoms with E-state index >= 15 is 0 Å². The zero-order chi connectivity index (χ0) is 13.4. The molecule has 0 aliphatic carbocycles. The molecular formula is C14H28N2O. The predicted octanol–water partition coefficient (Wildman–Crippen LogP) is 2.77. The van der Waals surface area contributed by atoms with Gasteiger partial charge in [0.05, 0.1) is 5.92 Å². The molecule has 1 rings (SSSR count). The highest BCUT2D eigenvalue weighted by Crippen LogP contribution is 2.39. The van der Waals surface area contributed by atoms with E-state index in [1.807, 2.05) is 5.01 Å². The fraction of sp³-hybridized carbons (Fsp3) is 0.929. The van der Waals surface area contributed by atoms with Crippen LogP contribution in [-0.4, -0.2) is 35.6 Å². The third kappa shape index (κ3) is 2.65. The molecule has 0 spiro atoms. The summed E-state index contributed by atoms with van der Waals surface area (Å²) in [6.45, 7) is 14.0. The highest BCUT2D eigenvalue weighted by Gasteiger charge is 2.50. The van der Waals surface area contributed by atoms with Crippen molar-refractivity contribution in [3.05, 3.63) is 0 Å². The first-order valence-electron chi connectivity index (χ1n) is 6.76. The molecule has 0 bridgehead atoms. The number of hydrogen-bond donors (Lipinski definition) is 0. The number of nitrogens with zero attached hydrogens (tertiary/aromatic N) is 2. The molecule has 0 aromatic rings. The lowest BCUT2D eigenvalue weighted by Crippen LogP contribution is -2.46. The van der Waals surface area contributed by atoms with Gasteiger partial charge in [0.1, 0.15) is 0 Å². The predicted molar refractivity (Wildman–Crippen MR) is 71.3 cm³/mol. The Morgan fingerprint density at radius 2 is 1.82 bits per heavy atom. The second-order valence-corrected chi connectivity index (χ2v) is 6.62. The average molecular weight is 240 g/mol. The van der Waals surface area contributed by atoms with Crippen molar-refractivity contribution in [1.29, 1.82) is 0 Å². The molecule has 0 aromatic heterocycles. The second kappa shape index (κ2) is 4.97. The fourth-order valence-electron chi connectivity index (χ4n) is 3.07. The van der Waals surface area contributed by atoms with Crippen LogP contribution in [0.25, 0.3) is 0 Å². The zero-order valence-electron chi connectivity index (χ0n) is 12.4. The summed E-state index contributed by atoms with van der Waals surface area (Å²) in [7, 11) is 2.06. The Kier molecular flexibility index (Phi) is 4.23. The fourth-order valence-corrected chi connectivity index (χ4v) is 3.07. The van der Waals surface area contributed by atoms with Crippen molar-refractivity contribution >= 4 is 5.91 Å². The summed E-state index contributed by atoms with van der Waals surface area (Å²) in [4.78, 5) is 12.5. The van der Waals surface area contributed by atoms with Gasteiger partial charge in [-0.25, -0.2) is 5.01 Å². The van der Waals surface area contributed by atoms with E-state index in [2.05, 4.69) is 53.6 Å². The Hall–Kier alpha value is -0.570. The molecule has 100 valence electrons. The molecule has 3 heteroatoms. The van der Waals surface area contributed by atoms with Gasteiger partial charge < -0.3 is 0 Å². The summed E-state index contributed by atoms with van der Waals surface area (Å²) < 4.78 is 0. The lowest BCUT2D eigenvalue weighted by Gasteiger charge is -2.37. The first-order valence-corrected chi connectivity index (χ1v) is 6.76. The minimum Gasteiger partial charge on any atom is -0.275 e. The van der Waals surface area contributed by atoms with Crippen molar-refractivity contribution in [3.8, 4) is 0 Å². The van der Waals surface area contributed by atoms with E-state index in [1.54, 1.807) is 0 Å². The minimum absolute atomic E-state index is 0.127. The van der Waals surface area contributed by atoms with Crippen molar-refractivity contribution in [2.24, 2.45) is 17.3 Å². The molecule has 0 aromatic carbocycles. The van der Waals surface area contributed by atoms with Gasteiger partial charge in [0.25, 0.3) is 0 Å². The maximum absolute atomic E-state index is 12.5. The molecule has 17 heavy (non-hydrogen) atoms. The average Bonchev–Trinajstić information content (AvgIpc) is 2.41. The van der Waals surface area contributed by atoms with Crippen molar-refractivity contribution in [2.75, 3.05) is 13.6 Å². The van der Waals surface area contributed by atoms with E-state index in [-0.39, 0.29) is 11.3 Å². The molecule has 0 saturated carbocycles. The van der Waals surface area contributed by atoms with E-state index in [1.165, 1.54) is 0 Å². The number of rotatable bonds is 3. The maximum Gasteiger partial charge on any atom is 0.241 e. The van der Waals surface area contributed by atoms with Crippen molar-refractivity contribution in [3.63, 3.8) is 0 Å². The molecular weight excluding hydrogens is 212 g/mol. The zero-order valence-corrected chi connectivity index (χ0v) is 12.4. The summed E-state index contributed by atoms with van der Waals surface area (Å²) in [5, 5.41) is 4.12. The molecule has 1 aliphatic rings.